The van der Waals surface area contributed by atoms with E-state index >= 15 is 0 Å². The molecule has 0 spiro atoms. The van der Waals surface area contributed by atoms with Gasteiger partial charge in [0, 0.05) is 43.8 Å². The van der Waals surface area contributed by atoms with E-state index in [1.807, 2.05) is 43.1 Å². The highest BCUT2D eigenvalue weighted by atomic mass is 15.2. The molecule has 4 rings (SSSR count). The van der Waals surface area contributed by atoms with Crippen molar-refractivity contribution in [1.29, 1.82) is 0 Å². The highest BCUT2D eigenvalue weighted by Crippen LogP contribution is 2.28. The Morgan fingerprint density at radius 2 is 1.96 bits per heavy atom. The molecule has 0 amide bonds. The van der Waals surface area contributed by atoms with E-state index in [0.29, 0.717) is 5.92 Å². The third kappa shape index (κ3) is 3.22. The quantitative estimate of drug-likeness (QED) is 0.732. The molecule has 4 heterocycles. The SMILES string of the molecule is Cc1nccc(N2CCCC(c3cncc(-n4ccnc4C)n3)C2)n1. The van der Waals surface area contributed by atoms with Gasteiger partial charge in [-0.2, -0.15) is 0 Å². The van der Waals surface area contributed by atoms with Gasteiger partial charge >= 0.3 is 0 Å². The van der Waals surface area contributed by atoms with Crippen LogP contribution >= 0.6 is 0 Å². The fraction of sp³-hybridized carbons (Fsp3) is 0.389. The number of anilines is 1. The number of piperidine rings is 1. The molecule has 0 bridgehead atoms. The van der Waals surface area contributed by atoms with Crippen LogP contribution in [0.15, 0.2) is 37.1 Å². The van der Waals surface area contributed by atoms with E-state index < -0.39 is 0 Å². The second kappa shape index (κ2) is 6.58. The van der Waals surface area contributed by atoms with E-state index in [1.54, 1.807) is 12.4 Å². The monoisotopic (exact) mass is 335 g/mol. The maximum absolute atomic E-state index is 4.85. The summed E-state index contributed by atoms with van der Waals surface area (Å²) in [5, 5.41) is 0. The van der Waals surface area contributed by atoms with Crippen LogP contribution in [0.25, 0.3) is 5.82 Å². The molecule has 7 heteroatoms. The highest BCUT2D eigenvalue weighted by molar-refractivity contribution is 5.39. The van der Waals surface area contributed by atoms with Crippen molar-refractivity contribution in [2.45, 2.75) is 32.6 Å². The van der Waals surface area contributed by atoms with Gasteiger partial charge in [-0.3, -0.25) is 9.55 Å². The Balaban J connectivity index is 1.58. The number of aromatic nitrogens is 6. The van der Waals surface area contributed by atoms with Crippen LogP contribution in [-0.4, -0.2) is 42.6 Å². The molecule has 0 N–H and O–H groups in total. The molecule has 1 unspecified atom stereocenters. The van der Waals surface area contributed by atoms with Crippen molar-refractivity contribution in [2.75, 3.05) is 18.0 Å². The third-order valence-corrected chi connectivity index (χ3v) is 4.64. The number of hydrogen-bond acceptors (Lipinski definition) is 6. The molecular formula is C18H21N7. The molecule has 1 aliphatic rings. The lowest BCUT2D eigenvalue weighted by Gasteiger charge is -2.33. The summed E-state index contributed by atoms with van der Waals surface area (Å²) < 4.78 is 1.96. The average Bonchev–Trinajstić information content (AvgIpc) is 3.08. The van der Waals surface area contributed by atoms with Gasteiger partial charge in [-0.1, -0.05) is 0 Å². The smallest absolute Gasteiger partial charge is 0.156 e. The van der Waals surface area contributed by atoms with Crippen molar-refractivity contribution >= 4 is 5.82 Å². The minimum Gasteiger partial charge on any atom is -0.356 e. The first-order valence-electron chi connectivity index (χ1n) is 8.57. The molecule has 1 atom stereocenters. The number of imidazole rings is 1. The highest BCUT2D eigenvalue weighted by Gasteiger charge is 2.24. The van der Waals surface area contributed by atoms with Gasteiger partial charge in [0.05, 0.1) is 11.9 Å². The minimum absolute atomic E-state index is 0.347. The van der Waals surface area contributed by atoms with Gasteiger partial charge in [0.15, 0.2) is 5.82 Å². The van der Waals surface area contributed by atoms with Gasteiger partial charge in [-0.15, -0.1) is 0 Å². The van der Waals surface area contributed by atoms with E-state index in [2.05, 4.69) is 24.8 Å². The van der Waals surface area contributed by atoms with Gasteiger partial charge in [0.2, 0.25) is 0 Å². The van der Waals surface area contributed by atoms with Gasteiger partial charge in [0.25, 0.3) is 0 Å². The topological polar surface area (TPSA) is 72.6 Å². The van der Waals surface area contributed by atoms with Crippen LogP contribution in [0.2, 0.25) is 0 Å². The summed E-state index contributed by atoms with van der Waals surface area (Å²) in [4.78, 5) is 24.6. The standard InChI is InChI=1S/C18H21N7/c1-13-20-6-5-17(22-13)24-8-3-4-15(12-24)16-10-19-11-18(23-16)25-9-7-21-14(25)2/h5-7,9-11,15H,3-4,8,12H2,1-2H3. The van der Waals surface area contributed by atoms with E-state index in [4.69, 9.17) is 4.98 Å². The van der Waals surface area contributed by atoms with E-state index in [-0.39, 0.29) is 0 Å². The molecule has 3 aromatic heterocycles. The first-order valence-corrected chi connectivity index (χ1v) is 8.57. The Hall–Kier alpha value is -2.83. The maximum atomic E-state index is 4.85. The van der Waals surface area contributed by atoms with Crippen molar-refractivity contribution in [3.8, 4) is 5.82 Å². The molecule has 25 heavy (non-hydrogen) atoms. The largest absolute Gasteiger partial charge is 0.356 e. The molecule has 0 aliphatic carbocycles. The van der Waals surface area contributed by atoms with Crippen molar-refractivity contribution in [1.82, 2.24) is 29.5 Å². The van der Waals surface area contributed by atoms with E-state index in [0.717, 1.165) is 54.9 Å². The summed E-state index contributed by atoms with van der Waals surface area (Å²) in [7, 11) is 0. The normalized spacial score (nSPS) is 17.7. The molecular weight excluding hydrogens is 314 g/mol. The Morgan fingerprint density at radius 3 is 2.76 bits per heavy atom. The van der Waals surface area contributed by atoms with Crippen molar-refractivity contribution in [3.63, 3.8) is 0 Å². The van der Waals surface area contributed by atoms with E-state index in [1.165, 1.54) is 0 Å². The van der Waals surface area contributed by atoms with Crippen LogP contribution in [0.3, 0.4) is 0 Å². The van der Waals surface area contributed by atoms with Crippen LogP contribution < -0.4 is 4.90 Å². The van der Waals surface area contributed by atoms with Gasteiger partial charge < -0.3 is 4.90 Å². The molecule has 0 radical (unpaired) electrons. The van der Waals surface area contributed by atoms with Crippen molar-refractivity contribution in [2.24, 2.45) is 0 Å². The summed E-state index contributed by atoms with van der Waals surface area (Å²) in [6, 6.07) is 1.98. The van der Waals surface area contributed by atoms with Gasteiger partial charge in [-0.25, -0.2) is 19.9 Å². The Labute approximate surface area is 146 Å². The van der Waals surface area contributed by atoms with Crippen LogP contribution in [0, 0.1) is 13.8 Å². The Kier molecular flexibility index (Phi) is 4.13. The van der Waals surface area contributed by atoms with E-state index in [9.17, 15) is 0 Å². The predicted octanol–water partition coefficient (Wildman–Crippen LogP) is 2.45. The van der Waals surface area contributed by atoms with Crippen LogP contribution in [0.4, 0.5) is 5.82 Å². The molecule has 1 fully saturated rings. The lowest BCUT2D eigenvalue weighted by Crippen LogP contribution is -2.35. The molecule has 7 nitrogen and oxygen atoms in total. The maximum Gasteiger partial charge on any atom is 0.156 e. The summed E-state index contributed by atoms with van der Waals surface area (Å²) in [6.45, 7) is 5.81. The molecule has 1 saturated heterocycles. The lowest BCUT2D eigenvalue weighted by atomic mass is 9.95. The van der Waals surface area contributed by atoms with Gasteiger partial charge in [-0.05, 0) is 32.8 Å². The molecule has 128 valence electrons. The zero-order valence-corrected chi connectivity index (χ0v) is 14.5. The zero-order valence-electron chi connectivity index (χ0n) is 14.5. The number of hydrogen-bond donors (Lipinski definition) is 0. The Bertz CT molecular complexity index is 873. The number of nitrogens with zero attached hydrogens (tertiary/aromatic N) is 7. The first kappa shape index (κ1) is 15.7. The number of rotatable bonds is 3. The Morgan fingerprint density at radius 1 is 1.04 bits per heavy atom. The van der Waals surface area contributed by atoms with Gasteiger partial charge in [0.1, 0.15) is 17.5 Å². The second-order valence-electron chi connectivity index (χ2n) is 6.39. The fourth-order valence-electron chi connectivity index (χ4n) is 3.35. The number of aryl methyl sites for hydroxylation is 2. The summed E-state index contributed by atoms with van der Waals surface area (Å²) in [5.41, 5.74) is 1.03. The van der Waals surface area contributed by atoms with Crippen LogP contribution in [-0.2, 0) is 0 Å². The third-order valence-electron chi connectivity index (χ3n) is 4.64. The van der Waals surface area contributed by atoms with Crippen molar-refractivity contribution < 1.29 is 0 Å². The molecule has 3 aromatic rings. The molecule has 0 aromatic carbocycles. The summed E-state index contributed by atoms with van der Waals surface area (Å²) >= 11 is 0. The minimum atomic E-state index is 0.347. The summed E-state index contributed by atoms with van der Waals surface area (Å²) in [6.07, 6.45) is 11.4. The lowest BCUT2D eigenvalue weighted by molar-refractivity contribution is 0.496. The second-order valence-corrected chi connectivity index (χ2v) is 6.39. The summed E-state index contributed by atoms with van der Waals surface area (Å²) in [5.74, 6) is 3.87. The first-order chi connectivity index (χ1) is 12.2. The zero-order chi connectivity index (χ0) is 17.2. The van der Waals surface area contributed by atoms with Crippen LogP contribution in [0.1, 0.15) is 36.1 Å². The predicted molar refractivity (Wildman–Crippen MR) is 94.8 cm³/mol. The molecule has 1 aliphatic heterocycles. The molecule has 0 saturated carbocycles. The average molecular weight is 335 g/mol. The van der Waals surface area contributed by atoms with Crippen molar-refractivity contribution in [3.05, 3.63) is 54.4 Å². The fourth-order valence-corrected chi connectivity index (χ4v) is 3.35. The van der Waals surface area contributed by atoms with Crippen LogP contribution in [0.5, 0.6) is 0 Å².